The van der Waals surface area contributed by atoms with E-state index in [4.69, 9.17) is 10.00 Å². The van der Waals surface area contributed by atoms with Gasteiger partial charge in [-0.05, 0) is 18.8 Å². The van der Waals surface area contributed by atoms with Crippen LogP contribution in [0.2, 0.25) is 0 Å². The summed E-state index contributed by atoms with van der Waals surface area (Å²) in [6, 6.07) is 2.77. The van der Waals surface area contributed by atoms with Crippen LogP contribution in [-0.2, 0) is 4.74 Å². The van der Waals surface area contributed by atoms with E-state index in [9.17, 15) is 0 Å². The summed E-state index contributed by atoms with van der Waals surface area (Å²) in [6.07, 6.45) is 3.38. The van der Waals surface area contributed by atoms with Crippen molar-refractivity contribution in [2.45, 2.75) is 39.2 Å². The molecule has 1 N–H and O–H groups in total. The molecule has 3 heteroatoms. The SMILES string of the molecule is CC(C)COCCNC1CCCC1C#N. The first-order valence-corrected chi connectivity index (χ1v) is 5.94. The van der Waals surface area contributed by atoms with E-state index in [1.54, 1.807) is 0 Å². The van der Waals surface area contributed by atoms with Crippen LogP contribution in [0.25, 0.3) is 0 Å². The quantitative estimate of drug-likeness (QED) is 0.681. The fourth-order valence-electron chi connectivity index (χ4n) is 1.99. The van der Waals surface area contributed by atoms with Crippen LogP contribution in [0.15, 0.2) is 0 Å². The highest BCUT2D eigenvalue weighted by molar-refractivity contribution is 4.96. The Hall–Kier alpha value is -0.590. The lowest BCUT2D eigenvalue weighted by Crippen LogP contribution is -2.34. The Kier molecular flexibility index (Phi) is 5.67. The lowest BCUT2D eigenvalue weighted by atomic mass is 10.1. The van der Waals surface area contributed by atoms with Gasteiger partial charge in [0.25, 0.3) is 0 Å². The van der Waals surface area contributed by atoms with Crippen LogP contribution in [0.4, 0.5) is 0 Å². The second-order valence-electron chi connectivity index (χ2n) is 4.70. The highest BCUT2D eigenvalue weighted by Gasteiger charge is 2.25. The third kappa shape index (κ3) is 4.63. The van der Waals surface area contributed by atoms with E-state index < -0.39 is 0 Å². The summed E-state index contributed by atoms with van der Waals surface area (Å²) in [7, 11) is 0. The molecule has 1 aliphatic carbocycles. The van der Waals surface area contributed by atoms with Crippen molar-refractivity contribution in [3.63, 3.8) is 0 Å². The molecule has 3 nitrogen and oxygen atoms in total. The fourth-order valence-corrected chi connectivity index (χ4v) is 1.99. The van der Waals surface area contributed by atoms with Gasteiger partial charge in [0.1, 0.15) is 0 Å². The maximum absolute atomic E-state index is 8.89. The van der Waals surface area contributed by atoms with Crippen molar-refractivity contribution in [3.8, 4) is 6.07 Å². The molecule has 0 aromatic carbocycles. The van der Waals surface area contributed by atoms with E-state index in [0.717, 1.165) is 32.6 Å². The van der Waals surface area contributed by atoms with Gasteiger partial charge in [0.05, 0.1) is 18.6 Å². The minimum Gasteiger partial charge on any atom is -0.380 e. The van der Waals surface area contributed by atoms with Crippen molar-refractivity contribution < 1.29 is 4.74 Å². The third-order valence-corrected chi connectivity index (χ3v) is 2.79. The van der Waals surface area contributed by atoms with Gasteiger partial charge in [-0.1, -0.05) is 20.3 Å². The van der Waals surface area contributed by atoms with Gasteiger partial charge in [0.15, 0.2) is 0 Å². The van der Waals surface area contributed by atoms with Crippen LogP contribution in [0.1, 0.15) is 33.1 Å². The number of rotatable bonds is 6. The minimum absolute atomic E-state index is 0.218. The number of hydrogen-bond acceptors (Lipinski definition) is 3. The van der Waals surface area contributed by atoms with Crippen LogP contribution in [0.3, 0.4) is 0 Å². The average molecular weight is 210 g/mol. The predicted molar refractivity (Wildman–Crippen MR) is 60.4 cm³/mol. The Bertz CT molecular complexity index is 210. The predicted octanol–water partition coefficient (Wildman–Crippen LogP) is 1.94. The second-order valence-corrected chi connectivity index (χ2v) is 4.70. The van der Waals surface area contributed by atoms with Crippen LogP contribution in [0.5, 0.6) is 0 Å². The van der Waals surface area contributed by atoms with E-state index in [1.807, 2.05) is 0 Å². The normalized spacial score (nSPS) is 25.7. The van der Waals surface area contributed by atoms with Crippen molar-refractivity contribution >= 4 is 0 Å². The first-order valence-electron chi connectivity index (χ1n) is 5.94. The van der Waals surface area contributed by atoms with E-state index in [2.05, 4.69) is 25.2 Å². The van der Waals surface area contributed by atoms with Gasteiger partial charge < -0.3 is 10.1 Å². The van der Waals surface area contributed by atoms with E-state index in [1.165, 1.54) is 6.42 Å². The summed E-state index contributed by atoms with van der Waals surface area (Å²) in [5.41, 5.74) is 0. The molecule has 2 atom stereocenters. The van der Waals surface area contributed by atoms with E-state index in [0.29, 0.717) is 12.0 Å². The molecule has 0 bridgehead atoms. The zero-order chi connectivity index (χ0) is 11.1. The van der Waals surface area contributed by atoms with E-state index >= 15 is 0 Å². The van der Waals surface area contributed by atoms with Crippen molar-refractivity contribution in [1.29, 1.82) is 5.26 Å². The largest absolute Gasteiger partial charge is 0.380 e. The van der Waals surface area contributed by atoms with Gasteiger partial charge >= 0.3 is 0 Å². The minimum atomic E-state index is 0.218. The molecule has 0 radical (unpaired) electrons. The van der Waals surface area contributed by atoms with Crippen LogP contribution >= 0.6 is 0 Å². The molecule has 0 heterocycles. The van der Waals surface area contributed by atoms with Gasteiger partial charge in [0.2, 0.25) is 0 Å². The highest BCUT2D eigenvalue weighted by Crippen LogP contribution is 2.24. The monoisotopic (exact) mass is 210 g/mol. The maximum atomic E-state index is 8.89. The molecular weight excluding hydrogens is 188 g/mol. The molecule has 2 unspecified atom stereocenters. The summed E-state index contributed by atoms with van der Waals surface area (Å²) in [5, 5.41) is 12.3. The lowest BCUT2D eigenvalue weighted by molar-refractivity contribution is 0.109. The van der Waals surface area contributed by atoms with Crippen LogP contribution in [0, 0.1) is 23.2 Å². The first-order chi connectivity index (χ1) is 7.24. The van der Waals surface area contributed by atoms with Crippen molar-refractivity contribution in [3.05, 3.63) is 0 Å². The number of nitrogens with zero attached hydrogens (tertiary/aromatic N) is 1. The Morgan fingerprint density at radius 2 is 2.27 bits per heavy atom. The van der Waals surface area contributed by atoms with Crippen molar-refractivity contribution in [2.75, 3.05) is 19.8 Å². The number of ether oxygens (including phenoxy) is 1. The molecule has 0 aromatic heterocycles. The maximum Gasteiger partial charge on any atom is 0.0672 e. The van der Waals surface area contributed by atoms with Gasteiger partial charge in [-0.3, -0.25) is 0 Å². The van der Waals surface area contributed by atoms with Gasteiger partial charge in [-0.25, -0.2) is 0 Å². The molecule has 1 aliphatic rings. The molecule has 0 saturated heterocycles. The number of nitriles is 1. The average Bonchev–Trinajstić information content (AvgIpc) is 2.64. The Morgan fingerprint density at radius 1 is 1.47 bits per heavy atom. The summed E-state index contributed by atoms with van der Waals surface area (Å²) in [6.45, 7) is 6.75. The van der Waals surface area contributed by atoms with Crippen molar-refractivity contribution in [2.24, 2.45) is 11.8 Å². The van der Waals surface area contributed by atoms with Crippen LogP contribution in [-0.4, -0.2) is 25.8 Å². The molecule has 15 heavy (non-hydrogen) atoms. The van der Waals surface area contributed by atoms with E-state index in [-0.39, 0.29) is 5.92 Å². The molecule has 86 valence electrons. The number of hydrogen-bond donors (Lipinski definition) is 1. The molecule has 0 aromatic rings. The van der Waals surface area contributed by atoms with Gasteiger partial charge in [-0.2, -0.15) is 5.26 Å². The van der Waals surface area contributed by atoms with Gasteiger partial charge in [0, 0.05) is 19.2 Å². The zero-order valence-electron chi connectivity index (χ0n) is 9.83. The number of nitrogens with one attached hydrogen (secondary N) is 1. The Labute approximate surface area is 92.8 Å². The fraction of sp³-hybridized carbons (Fsp3) is 0.917. The third-order valence-electron chi connectivity index (χ3n) is 2.79. The standard InChI is InChI=1S/C12H22N2O/c1-10(2)9-15-7-6-14-12-5-3-4-11(12)8-13/h10-12,14H,3-7,9H2,1-2H3. The summed E-state index contributed by atoms with van der Waals surface area (Å²) < 4.78 is 5.48. The topological polar surface area (TPSA) is 45.0 Å². The molecule has 0 spiro atoms. The lowest BCUT2D eigenvalue weighted by Gasteiger charge is -2.15. The highest BCUT2D eigenvalue weighted by atomic mass is 16.5. The summed E-state index contributed by atoms with van der Waals surface area (Å²) >= 11 is 0. The van der Waals surface area contributed by atoms with Crippen molar-refractivity contribution in [1.82, 2.24) is 5.32 Å². The van der Waals surface area contributed by atoms with Gasteiger partial charge in [-0.15, -0.1) is 0 Å². The first kappa shape index (κ1) is 12.5. The summed E-state index contributed by atoms with van der Waals surface area (Å²) in [5.74, 6) is 0.818. The molecule has 1 fully saturated rings. The second kappa shape index (κ2) is 6.81. The summed E-state index contributed by atoms with van der Waals surface area (Å²) in [4.78, 5) is 0. The molecular formula is C12H22N2O. The smallest absolute Gasteiger partial charge is 0.0672 e. The Morgan fingerprint density at radius 3 is 2.93 bits per heavy atom. The molecule has 1 saturated carbocycles. The molecule has 0 aliphatic heterocycles. The van der Waals surface area contributed by atoms with Crippen LogP contribution < -0.4 is 5.32 Å². The zero-order valence-corrected chi connectivity index (χ0v) is 9.83. The Balaban J connectivity index is 2.02. The molecule has 1 rings (SSSR count). The molecule has 0 amide bonds.